The summed E-state index contributed by atoms with van der Waals surface area (Å²) in [5, 5.41) is 9.22. The first-order valence-corrected chi connectivity index (χ1v) is 7.63. The maximum atomic E-state index is 12.2. The standard InChI is InChI=1S/C22H13NO2/c23-16-20(22(24)21-7-4-14-25-21)15-19-12-10-18(11-13-19)9-8-17-5-2-1-3-6-17/h1-7,10-15H. The normalized spacial score (nSPS) is 10.4. The van der Waals surface area contributed by atoms with Gasteiger partial charge in [-0.2, -0.15) is 5.26 Å². The van der Waals surface area contributed by atoms with Crippen molar-refractivity contribution in [3.8, 4) is 17.9 Å². The van der Waals surface area contributed by atoms with Gasteiger partial charge in [0.05, 0.1) is 6.26 Å². The fourth-order valence-corrected chi connectivity index (χ4v) is 2.18. The zero-order valence-electron chi connectivity index (χ0n) is 13.3. The summed E-state index contributed by atoms with van der Waals surface area (Å²) in [5.74, 6) is 5.89. The molecule has 0 radical (unpaired) electrons. The molecule has 3 rings (SSSR count). The number of hydrogen-bond acceptors (Lipinski definition) is 3. The molecular formula is C22H13NO2. The van der Waals surface area contributed by atoms with Crippen molar-refractivity contribution in [2.24, 2.45) is 0 Å². The number of nitrogens with zero attached hydrogens (tertiary/aromatic N) is 1. The van der Waals surface area contributed by atoms with E-state index in [1.807, 2.05) is 60.7 Å². The van der Waals surface area contributed by atoms with E-state index < -0.39 is 5.78 Å². The summed E-state index contributed by atoms with van der Waals surface area (Å²) >= 11 is 0. The second-order valence-corrected chi connectivity index (χ2v) is 5.21. The molecular weight excluding hydrogens is 310 g/mol. The summed E-state index contributed by atoms with van der Waals surface area (Å²) in [6.45, 7) is 0. The molecule has 3 nitrogen and oxygen atoms in total. The Labute approximate surface area is 145 Å². The van der Waals surface area contributed by atoms with Gasteiger partial charge in [0.15, 0.2) is 5.76 Å². The summed E-state index contributed by atoms with van der Waals surface area (Å²) in [5.41, 5.74) is 2.58. The van der Waals surface area contributed by atoms with Crippen LogP contribution in [0.15, 0.2) is 83.0 Å². The van der Waals surface area contributed by atoms with Crippen LogP contribution >= 0.6 is 0 Å². The predicted molar refractivity (Wildman–Crippen MR) is 95.5 cm³/mol. The Kier molecular flexibility index (Phi) is 4.90. The van der Waals surface area contributed by atoms with E-state index in [-0.39, 0.29) is 11.3 Å². The highest BCUT2D eigenvalue weighted by atomic mass is 16.3. The van der Waals surface area contributed by atoms with E-state index in [9.17, 15) is 10.1 Å². The highest BCUT2D eigenvalue weighted by Gasteiger charge is 2.14. The molecule has 0 aliphatic carbocycles. The number of furan rings is 1. The quantitative estimate of drug-likeness (QED) is 0.309. The van der Waals surface area contributed by atoms with Gasteiger partial charge < -0.3 is 4.42 Å². The highest BCUT2D eigenvalue weighted by Crippen LogP contribution is 2.13. The molecule has 2 aromatic carbocycles. The van der Waals surface area contributed by atoms with Gasteiger partial charge in [-0.3, -0.25) is 4.79 Å². The van der Waals surface area contributed by atoms with Gasteiger partial charge in [-0.15, -0.1) is 0 Å². The van der Waals surface area contributed by atoms with Gasteiger partial charge in [0, 0.05) is 11.1 Å². The fraction of sp³-hybridized carbons (Fsp3) is 0. The van der Waals surface area contributed by atoms with E-state index in [1.54, 1.807) is 12.1 Å². The smallest absolute Gasteiger partial charge is 0.238 e. The monoisotopic (exact) mass is 323 g/mol. The van der Waals surface area contributed by atoms with E-state index in [0.717, 1.165) is 16.7 Å². The molecule has 0 amide bonds. The Balaban J connectivity index is 1.79. The molecule has 0 unspecified atom stereocenters. The van der Waals surface area contributed by atoms with Crippen LogP contribution in [0.2, 0.25) is 0 Å². The summed E-state index contributed by atoms with van der Waals surface area (Å²) in [6.07, 6.45) is 2.95. The number of rotatable bonds is 3. The minimum Gasteiger partial charge on any atom is -0.461 e. The van der Waals surface area contributed by atoms with Crippen LogP contribution in [0.1, 0.15) is 27.2 Å². The molecule has 3 heteroatoms. The van der Waals surface area contributed by atoms with Crippen molar-refractivity contribution in [1.29, 1.82) is 5.26 Å². The first-order chi connectivity index (χ1) is 12.3. The van der Waals surface area contributed by atoms with Crippen LogP contribution in [0.5, 0.6) is 0 Å². The molecule has 25 heavy (non-hydrogen) atoms. The van der Waals surface area contributed by atoms with E-state index >= 15 is 0 Å². The van der Waals surface area contributed by atoms with Gasteiger partial charge in [0.2, 0.25) is 5.78 Å². The predicted octanol–water partition coefficient (Wildman–Crippen LogP) is 4.47. The number of carbonyl (C=O) groups excluding carboxylic acids is 1. The number of Topliss-reactive ketones (excluding diaryl/α,β-unsaturated/α-hetero) is 1. The summed E-state index contributed by atoms with van der Waals surface area (Å²) < 4.78 is 5.05. The van der Waals surface area contributed by atoms with Crippen molar-refractivity contribution in [3.63, 3.8) is 0 Å². The van der Waals surface area contributed by atoms with Crippen molar-refractivity contribution in [1.82, 2.24) is 0 Å². The third kappa shape index (κ3) is 4.13. The summed E-state index contributed by atoms with van der Waals surface area (Å²) in [7, 11) is 0. The highest BCUT2D eigenvalue weighted by molar-refractivity contribution is 6.12. The molecule has 0 saturated heterocycles. The van der Waals surface area contributed by atoms with Crippen LogP contribution in [0.25, 0.3) is 6.08 Å². The fourth-order valence-electron chi connectivity index (χ4n) is 2.18. The maximum Gasteiger partial charge on any atom is 0.238 e. The number of carbonyl (C=O) groups is 1. The lowest BCUT2D eigenvalue weighted by atomic mass is 10.1. The van der Waals surface area contributed by atoms with Crippen molar-refractivity contribution in [3.05, 3.63) is 101 Å². The van der Waals surface area contributed by atoms with E-state index in [1.165, 1.54) is 12.3 Å². The van der Waals surface area contributed by atoms with Gasteiger partial charge in [0.1, 0.15) is 11.6 Å². The average molecular weight is 323 g/mol. The maximum absolute atomic E-state index is 12.2. The molecule has 0 saturated carbocycles. The minimum atomic E-state index is -0.430. The van der Waals surface area contributed by atoms with Crippen molar-refractivity contribution >= 4 is 11.9 Å². The van der Waals surface area contributed by atoms with Crippen molar-refractivity contribution in [2.75, 3.05) is 0 Å². The Morgan fingerprint density at radius 3 is 2.16 bits per heavy atom. The third-order valence-corrected chi connectivity index (χ3v) is 3.46. The molecule has 3 aromatic rings. The van der Waals surface area contributed by atoms with Crippen LogP contribution in [-0.4, -0.2) is 5.78 Å². The first-order valence-electron chi connectivity index (χ1n) is 7.63. The topological polar surface area (TPSA) is 54.0 Å². The molecule has 0 spiro atoms. The number of hydrogen-bond donors (Lipinski definition) is 0. The van der Waals surface area contributed by atoms with Crippen LogP contribution in [0, 0.1) is 23.2 Å². The SMILES string of the molecule is N#CC(=Cc1ccc(C#Cc2ccccc2)cc1)C(=O)c1ccco1. The molecule has 0 atom stereocenters. The van der Waals surface area contributed by atoms with Gasteiger partial charge in [-0.25, -0.2) is 0 Å². The summed E-state index contributed by atoms with van der Waals surface area (Å²) in [4.78, 5) is 12.2. The Hall–Kier alpha value is -3.82. The van der Waals surface area contributed by atoms with Crippen LogP contribution in [0.4, 0.5) is 0 Å². The molecule has 0 bridgehead atoms. The van der Waals surface area contributed by atoms with E-state index in [0.29, 0.717) is 0 Å². The lowest BCUT2D eigenvalue weighted by molar-refractivity contribution is 0.101. The molecule has 0 aliphatic rings. The van der Waals surface area contributed by atoms with Gasteiger partial charge in [0.25, 0.3) is 0 Å². The zero-order valence-corrected chi connectivity index (χ0v) is 13.3. The molecule has 1 heterocycles. The molecule has 0 fully saturated rings. The minimum absolute atomic E-state index is 0.0260. The Morgan fingerprint density at radius 2 is 1.56 bits per heavy atom. The Morgan fingerprint density at radius 1 is 0.880 bits per heavy atom. The lowest BCUT2D eigenvalue weighted by Gasteiger charge is -1.97. The van der Waals surface area contributed by atoms with Crippen molar-refractivity contribution < 1.29 is 9.21 Å². The van der Waals surface area contributed by atoms with Gasteiger partial charge in [-0.1, -0.05) is 42.2 Å². The second-order valence-electron chi connectivity index (χ2n) is 5.21. The van der Waals surface area contributed by atoms with Crippen LogP contribution in [0.3, 0.4) is 0 Å². The third-order valence-electron chi connectivity index (χ3n) is 3.46. The molecule has 118 valence electrons. The first kappa shape index (κ1) is 16.1. The summed E-state index contributed by atoms with van der Waals surface area (Å²) in [6, 6.07) is 22.2. The molecule has 1 aromatic heterocycles. The lowest BCUT2D eigenvalue weighted by Crippen LogP contribution is -1.99. The van der Waals surface area contributed by atoms with Gasteiger partial charge in [-0.05, 0) is 48.0 Å². The largest absolute Gasteiger partial charge is 0.461 e. The molecule has 0 aliphatic heterocycles. The zero-order chi connectivity index (χ0) is 17.5. The molecule has 0 N–H and O–H groups in total. The Bertz CT molecular complexity index is 994. The van der Waals surface area contributed by atoms with Gasteiger partial charge >= 0.3 is 0 Å². The average Bonchev–Trinajstić information content (AvgIpc) is 3.20. The number of allylic oxidation sites excluding steroid dienone is 1. The second kappa shape index (κ2) is 7.64. The van der Waals surface area contributed by atoms with E-state index in [2.05, 4.69) is 11.8 Å². The number of nitriles is 1. The van der Waals surface area contributed by atoms with Crippen molar-refractivity contribution in [2.45, 2.75) is 0 Å². The van der Waals surface area contributed by atoms with E-state index in [4.69, 9.17) is 4.42 Å². The van der Waals surface area contributed by atoms with Crippen LogP contribution < -0.4 is 0 Å². The van der Waals surface area contributed by atoms with Crippen LogP contribution in [-0.2, 0) is 0 Å². The number of benzene rings is 2. The number of ketones is 1.